The van der Waals surface area contributed by atoms with Gasteiger partial charge in [-0.3, -0.25) is 4.79 Å². The zero-order valence-electron chi connectivity index (χ0n) is 21.9. The third kappa shape index (κ3) is 13.5. The number of alkyl carbamates (subject to hydrolysis) is 1. The fourth-order valence-electron chi connectivity index (χ4n) is 2.65. The Bertz CT molecular complexity index is 884. The molecule has 1 aromatic carbocycles. The first-order valence-corrected chi connectivity index (χ1v) is 11.6. The number of ether oxygens (including phenoxy) is 5. The number of rotatable bonds is 16. The highest BCUT2D eigenvalue weighted by Gasteiger charge is 2.23. The summed E-state index contributed by atoms with van der Waals surface area (Å²) in [6, 6.07) is 4.33. The molecule has 13 nitrogen and oxygen atoms in total. The Morgan fingerprint density at radius 2 is 1.54 bits per heavy atom. The normalized spacial score (nSPS) is 10.8. The average molecular weight is 529 g/mol. The van der Waals surface area contributed by atoms with E-state index in [1.807, 2.05) is 0 Å². The summed E-state index contributed by atoms with van der Waals surface area (Å²) < 4.78 is 25.2. The van der Waals surface area contributed by atoms with Crippen LogP contribution in [-0.4, -0.2) is 89.9 Å². The minimum absolute atomic E-state index is 0.0180. The van der Waals surface area contributed by atoms with Crippen molar-refractivity contribution in [3.8, 4) is 5.75 Å². The molecule has 0 aliphatic rings. The van der Waals surface area contributed by atoms with Gasteiger partial charge in [-0.15, -0.1) is 0 Å². The lowest BCUT2D eigenvalue weighted by molar-refractivity contribution is -0.299. The second-order valence-electron chi connectivity index (χ2n) is 8.34. The Hall–Kier alpha value is -3.42. The van der Waals surface area contributed by atoms with Crippen LogP contribution in [0.25, 0.3) is 0 Å². The fourth-order valence-corrected chi connectivity index (χ4v) is 2.65. The van der Waals surface area contributed by atoms with E-state index in [1.54, 1.807) is 20.8 Å². The summed E-state index contributed by atoms with van der Waals surface area (Å²) in [5, 5.41) is 5.21. The van der Waals surface area contributed by atoms with Gasteiger partial charge in [0.2, 0.25) is 0 Å². The molecule has 0 spiro atoms. The molecule has 0 radical (unpaired) electrons. The van der Waals surface area contributed by atoms with Gasteiger partial charge >= 0.3 is 18.0 Å². The van der Waals surface area contributed by atoms with Crippen molar-refractivity contribution in [3.63, 3.8) is 0 Å². The highest BCUT2D eigenvalue weighted by Crippen LogP contribution is 2.24. The molecule has 0 aliphatic heterocycles. The molecule has 2 amide bonds. The topological polar surface area (TPSA) is 157 Å². The summed E-state index contributed by atoms with van der Waals surface area (Å²) in [4.78, 5) is 57.5. The first kappa shape index (κ1) is 31.6. The number of nitrogens with one attached hydrogen (secondary N) is 2. The minimum Gasteiger partial charge on any atom is -0.483 e. The van der Waals surface area contributed by atoms with E-state index < -0.39 is 29.5 Å². The maximum absolute atomic E-state index is 12.1. The molecule has 2 N–H and O–H groups in total. The van der Waals surface area contributed by atoms with E-state index in [1.165, 1.54) is 25.3 Å². The van der Waals surface area contributed by atoms with E-state index in [0.29, 0.717) is 26.1 Å². The van der Waals surface area contributed by atoms with Crippen molar-refractivity contribution in [2.24, 2.45) is 0 Å². The maximum Gasteiger partial charge on any atom is 0.407 e. The molecule has 0 aliphatic carbocycles. The standard InChI is InChI=1S/C24H36N2O11/c1-24(2,3)37-23(30)26-11-13-33-14-15-36-35-12-7-10-25-19(27)16-34-18-9-6-8-17(21(28)31-4)20(18)22(29)32-5/h6,8-9H,7,10-16H2,1-5H3,(H,25,27)(H,26,30). The number of hydrogen-bond donors (Lipinski definition) is 2. The summed E-state index contributed by atoms with van der Waals surface area (Å²) in [6.45, 7) is 6.55. The molecule has 0 fully saturated rings. The molecule has 0 atom stereocenters. The van der Waals surface area contributed by atoms with Crippen LogP contribution in [0.1, 0.15) is 47.9 Å². The lowest BCUT2D eigenvalue weighted by Crippen LogP contribution is -2.34. The highest BCUT2D eigenvalue weighted by atomic mass is 17.2. The number of carbonyl (C=O) groups is 4. The molecule has 37 heavy (non-hydrogen) atoms. The van der Waals surface area contributed by atoms with Gasteiger partial charge in [-0.25, -0.2) is 24.2 Å². The SMILES string of the molecule is COC(=O)c1cccc(OCC(=O)NCCCOOCCOCCNC(=O)OC(C)(C)C)c1C(=O)OC. The molecular formula is C24H36N2O11. The van der Waals surface area contributed by atoms with Crippen LogP contribution < -0.4 is 15.4 Å². The second-order valence-corrected chi connectivity index (χ2v) is 8.34. The summed E-state index contributed by atoms with van der Waals surface area (Å²) >= 11 is 0. The van der Waals surface area contributed by atoms with Crippen molar-refractivity contribution < 1.29 is 52.6 Å². The van der Waals surface area contributed by atoms with Crippen molar-refractivity contribution in [1.29, 1.82) is 0 Å². The van der Waals surface area contributed by atoms with Gasteiger partial charge < -0.3 is 34.3 Å². The Labute approximate surface area is 215 Å². The number of hydrogen-bond acceptors (Lipinski definition) is 11. The third-order valence-electron chi connectivity index (χ3n) is 4.22. The third-order valence-corrected chi connectivity index (χ3v) is 4.22. The quantitative estimate of drug-likeness (QED) is 0.106. The van der Waals surface area contributed by atoms with Gasteiger partial charge in [-0.05, 0) is 39.3 Å². The van der Waals surface area contributed by atoms with Crippen molar-refractivity contribution in [3.05, 3.63) is 29.3 Å². The number of amides is 2. The van der Waals surface area contributed by atoms with Gasteiger partial charge in [0.25, 0.3) is 5.91 Å². The Morgan fingerprint density at radius 3 is 2.22 bits per heavy atom. The van der Waals surface area contributed by atoms with Crippen LogP contribution in [0.2, 0.25) is 0 Å². The number of benzene rings is 1. The van der Waals surface area contributed by atoms with Crippen molar-refractivity contribution >= 4 is 23.9 Å². The molecule has 0 heterocycles. The van der Waals surface area contributed by atoms with E-state index in [0.717, 1.165) is 7.11 Å². The smallest absolute Gasteiger partial charge is 0.407 e. The Morgan fingerprint density at radius 1 is 0.838 bits per heavy atom. The average Bonchev–Trinajstić information content (AvgIpc) is 2.85. The van der Waals surface area contributed by atoms with Gasteiger partial charge in [0, 0.05) is 13.1 Å². The molecule has 0 saturated carbocycles. The summed E-state index contributed by atoms with van der Waals surface area (Å²) in [5.74, 6) is -1.95. The molecular weight excluding hydrogens is 492 g/mol. The molecule has 0 aromatic heterocycles. The first-order valence-electron chi connectivity index (χ1n) is 11.6. The summed E-state index contributed by atoms with van der Waals surface area (Å²) in [7, 11) is 2.35. The molecule has 1 aromatic rings. The Balaban J connectivity index is 2.16. The largest absolute Gasteiger partial charge is 0.483 e. The van der Waals surface area contributed by atoms with Crippen LogP contribution in [0.4, 0.5) is 4.79 Å². The molecule has 208 valence electrons. The second kappa shape index (κ2) is 17.1. The van der Waals surface area contributed by atoms with E-state index in [9.17, 15) is 19.2 Å². The van der Waals surface area contributed by atoms with E-state index in [4.69, 9.17) is 28.7 Å². The fraction of sp³-hybridized carbons (Fsp3) is 0.583. The van der Waals surface area contributed by atoms with Gasteiger partial charge in [-0.2, -0.15) is 0 Å². The van der Waals surface area contributed by atoms with Crippen molar-refractivity contribution in [2.75, 3.05) is 60.3 Å². The number of carbonyl (C=O) groups excluding carboxylic acids is 4. The lowest BCUT2D eigenvalue weighted by atomic mass is 10.1. The monoisotopic (exact) mass is 528 g/mol. The number of methoxy groups -OCH3 is 2. The molecule has 13 heteroatoms. The first-order chi connectivity index (χ1) is 17.6. The predicted molar refractivity (Wildman–Crippen MR) is 129 cm³/mol. The van der Waals surface area contributed by atoms with Crippen LogP contribution in [0.5, 0.6) is 5.75 Å². The van der Waals surface area contributed by atoms with E-state index >= 15 is 0 Å². The summed E-state index contributed by atoms with van der Waals surface area (Å²) in [6.07, 6.45) is -0.0366. The van der Waals surface area contributed by atoms with Crippen molar-refractivity contribution in [2.45, 2.75) is 32.8 Å². The minimum atomic E-state index is -0.795. The van der Waals surface area contributed by atoms with Gasteiger partial charge in [0.1, 0.15) is 23.5 Å². The summed E-state index contributed by atoms with van der Waals surface area (Å²) in [5.41, 5.74) is -0.715. The van der Waals surface area contributed by atoms with Gasteiger partial charge in [0.15, 0.2) is 6.61 Å². The van der Waals surface area contributed by atoms with Crippen LogP contribution in [0.15, 0.2) is 18.2 Å². The molecule has 0 bridgehead atoms. The zero-order valence-corrected chi connectivity index (χ0v) is 21.9. The van der Waals surface area contributed by atoms with E-state index in [-0.39, 0.29) is 43.3 Å². The van der Waals surface area contributed by atoms with Gasteiger partial charge in [-0.1, -0.05) is 6.07 Å². The maximum atomic E-state index is 12.1. The van der Waals surface area contributed by atoms with Crippen LogP contribution in [-0.2, 0) is 33.5 Å². The molecule has 0 saturated heterocycles. The van der Waals surface area contributed by atoms with Crippen molar-refractivity contribution in [1.82, 2.24) is 10.6 Å². The zero-order chi connectivity index (χ0) is 27.7. The van der Waals surface area contributed by atoms with Crippen LogP contribution in [0, 0.1) is 0 Å². The Kier molecular flexibility index (Phi) is 14.6. The highest BCUT2D eigenvalue weighted by molar-refractivity contribution is 6.05. The van der Waals surface area contributed by atoms with E-state index in [2.05, 4.69) is 15.4 Å². The predicted octanol–water partition coefficient (Wildman–Crippen LogP) is 1.63. The molecule has 0 unspecified atom stereocenters. The van der Waals surface area contributed by atoms with Crippen LogP contribution in [0.3, 0.4) is 0 Å². The number of esters is 2. The van der Waals surface area contributed by atoms with Crippen LogP contribution >= 0.6 is 0 Å². The lowest BCUT2D eigenvalue weighted by Gasteiger charge is -2.19. The molecule has 1 rings (SSSR count). The van der Waals surface area contributed by atoms with Gasteiger partial charge in [0.05, 0.1) is 39.6 Å².